The molecule has 1 aromatic carbocycles. The second kappa shape index (κ2) is 4.84. The van der Waals surface area contributed by atoms with Crippen molar-refractivity contribution in [2.24, 2.45) is 0 Å². The van der Waals surface area contributed by atoms with Crippen LogP contribution < -0.4 is 10.5 Å². The van der Waals surface area contributed by atoms with Crippen LogP contribution >= 0.6 is 0 Å². The lowest BCUT2D eigenvalue weighted by Crippen LogP contribution is -1.99. The van der Waals surface area contributed by atoms with E-state index in [9.17, 15) is 14.5 Å². The zero-order valence-corrected chi connectivity index (χ0v) is 9.83. The number of hydrogen-bond donors (Lipinski definition) is 1. The summed E-state index contributed by atoms with van der Waals surface area (Å²) in [4.78, 5) is 17.3. The first kappa shape index (κ1) is 12.7. The average Bonchev–Trinajstić information content (AvgIpc) is 2.26. The summed E-state index contributed by atoms with van der Waals surface area (Å²) in [5, 5.41) is 10.5. The molecule has 0 fully saturated rings. The van der Waals surface area contributed by atoms with Crippen LogP contribution in [0.4, 0.5) is 16.0 Å². The number of nitrogens with two attached hydrogens (primary N) is 1. The van der Waals surface area contributed by atoms with Crippen molar-refractivity contribution in [3.8, 4) is 11.6 Å². The molecule has 0 saturated carbocycles. The van der Waals surface area contributed by atoms with E-state index in [1.807, 2.05) is 0 Å². The minimum Gasteiger partial charge on any atom is -0.439 e. The van der Waals surface area contributed by atoms with Crippen molar-refractivity contribution in [2.75, 3.05) is 5.73 Å². The Hall–Kier alpha value is -2.77. The van der Waals surface area contributed by atoms with Crippen LogP contribution in [0.2, 0.25) is 0 Å². The molecule has 0 aliphatic carbocycles. The molecular weight excluding hydrogens is 255 g/mol. The molecule has 2 rings (SSSR count). The highest BCUT2D eigenvalue weighted by Crippen LogP contribution is 2.26. The van der Waals surface area contributed by atoms with Crippen LogP contribution in [0.1, 0.15) is 5.69 Å². The van der Waals surface area contributed by atoms with Gasteiger partial charge in [-0.05, 0) is 13.0 Å². The van der Waals surface area contributed by atoms with Crippen molar-refractivity contribution in [1.82, 2.24) is 9.97 Å². The maximum absolute atomic E-state index is 13.4. The van der Waals surface area contributed by atoms with E-state index in [1.165, 1.54) is 12.1 Å². The SMILES string of the molecule is Cc1cc(Oc2ccc([N+](=O)[O-])c(F)c2)nc(N)n1. The number of aromatic nitrogens is 2. The number of nitrogens with zero attached hydrogens (tertiary/aromatic N) is 3. The van der Waals surface area contributed by atoms with Gasteiger partial charge in [0.05, 0.1) is 4.92 Å². The molecule has 98 valence electrons. The fraction of sp³-hybridized carbons (Fsp3) is 0.0909. The molecule has 2 aromatic rings. The zero-order chi connectivity index (χ0) is 14.0. The molecule has 1 heterocycles. The third-order valence-electron chi connectivity index (χ3n) is 2.19. The summed E-state index contributed by atoms with van der Waals surface area (Å²) in [6, 6.07) is 4.71. The van der Waals surface area contributed by atoms with Gasteiger partial charge in [-0.1, -0.05) is 0 Å². The molecule has 8 heteroatoms. The fourth-order valence-corrected chi connectivity index (χ4v) is 1.43. The van der Waals surface area contributed by atoms with Crippen molar-refractivity contribution in [3.63, 3.8) is 0 Å². The number of anilines is 1. The second-order valence-corrected chi connectivity index (χ2v) is 3.68. The second-order valence-electron chi connectivity index (χ2n) is 3.68. The topological polar surface area (TPSA) is 104 Å². The minimum absolute atomic E-state index is 0.0254. The summed E-state index contributed by atoms with van der Waals surface area (Å²) in [6.07, 6.45) is 0. The van der Waals surface area contributed by atoms with E-state index in [0.29, 0.717) is 5.69 Å². The summed E-state index contributed by atoms with van der Waals surface area (Å²) in [6.45, 7) is 1.70. The summed E-state index contributed by atoms with van der Waals surface area (Å²) in [5.74, 6) is -0.738. The summed E-state index contributed by atoms with van der Waals surface area (Å²) < 4.78 is 18.6. The Morgan fingerprint density at radius 1 is 1.37 bits per heavy atom. The van der Waals surface area contributed by atoms with E-state index in [1.54, 1.807) is 6.92 Å². The monoisotopic (exact) mass is 264 g/mol. The molecule has 0 unspecified atom stereocenters. The molecule has 0 aliphatic heterocycles. The van der Waals surface area contributed by atoms with Gasteiger partial charge in [0.2, 0.25) is 17.6 Å². The average molecular weight is 264 g/mol. The van der Waals surface area contributed by atoms with Crippen molar-refractivity contribution >= 4 is 11.6 Å². The van der Waals surface area contributed by atoms with Crippen LogP contribution in [-0.4, -0.2) is 14.9 Å². The third kappa shape index (κ3) is 2.92. The molecule has 0 radical (unpaired) electrons. The maximum atomic E-state index is 13.4. The number of halogens is 1. The van der Waals surface area contributed by atoms with Gasteiger partial charge < -0.3 is 10.5 Å². The Bertz CT molecular complexity index is 628. The van der Waals surface area contributed by atoms with Gasteiger partial charge in [-0.25, -0.2) is 4.98 Å². The van der Waals surface area contributed by atoms with Crippen LogP contribution in [0, 0.1) is 22.9 Å². The molecule has 2 N–H and O–H groups in total. The van der Waals surface area contributed by atoms with Crippen LogP contribution in [0.3, 0.4) is 0 Å². The van der Waals surface area contributed by atoms with Gasteiger partial charge in [0, 0.05) is 23.9 Å². The zero-order valence-electron chi connectivity index (χ0n) is 9.83. The number of nitro benzene ring substituents is 1. The van der Waals surface area contributed by atoms with Crippen molar-refractivity contribution < 1.29 is 14.1 Å². The largest absolute Gasteiger partial charge is 0.439 e. The molecule has 0 aliphatic rings. The normalized spacial score (nSPS) is 10.2. The van der Waals surface area contributed by atoms with Gasteiger partial charge in [-0.15, -0.1) is 0 Å². The van der Waals surface area contributed by atoms with Gasteiger partial charge in [0.25, 0.3) is 0 Å². The third-order valence-corrected chi connectivity index (χ3v) is 2.19. The lowest BCUT2D eigenvalue weighted by molar-refractivity contribution is -0.387. The van der Waals surface area contributed by atoms with Crippen molar-refractivity contribution in [2.45, 2.75) is 6.92 Å². The maximum Gasteiger partial charge on any atom is 0.305 e. The van der Waals surface area contributed by atoms with Gasteiger partial charge in [-0.2, -0.15) is 9.37 Å². The Labute approximate surface area is 107 Å². The number of nitrogen functional groups attached to an aromatic ring is 1. The van der Waals surface area contributed by atoms with Crippen molar-refractivity contribution in [3.05, 3.63) is 45.9 Å². The van der Waals surface area contributed by atoms with E-state index >= 15 is 0 Å². The lowest BCUT2D eigenvalue weighted by atomic mass is 10.3. The number of aryl methyl sites for hydroxylation is 1. The van der Waals surface area contributed by atoms with E-state index < -0.39 is 16.4 Å². The molecule has 0 bridgehead atoms. The van der Waals surface area contributed by atoms with Crippen LogP contribution in [0.5, 0.6) is 11.6 Å². The molecule has 1 aromatic heterocycles. The summed E-state index contributed by atoms with van der Waals surface area (Å²) in [5.41, 5.74) is 5.41. The number of rotatable bonds is 3. The fourth-order valence-electron chi connectivity index (χ4n) is 1.43. The number of benzene rings is 1. The molecule has 0 amide bonds. The van der Waals surface area contributed by atoms with Crippen LogP contribution in [-0.2, 0) is 0 Å². The quantitative estimate of drug-likeness (QED) is 0.673. The number of nitro groups is 1. The van der Waals surface area contributed by atoms with Gasteiger partial charge in [0.15, 0.2) is 0 Å². The highest BCUT2D eigenvalue weighted by atomic mass is 19.1. The Balaban J connectivity index is 2.28. The van der Waals surface area contributed by atoms with Gasteiger partial charge >= 0.3 is 5.69 Å². The first-order valence-electron chi connectivity index (χ1n) is 5.18. The first-order chi connectivity index (χ1) is 8.95. The summed E-state index contributed by atoms with van der Waals surface area (Å²) in [7, 11) is 0. The molecule has 0 saturated heterocycles. The van der Waals surface area contributed by atoms with E-state index in [-0.39, 0.29) is 17.6 Å². The number of ether oxygens (including phenoxy) is 1. The van der Waals surface area contributed by atoms with Gasteiger partial charge in [0.1, 0.15) is 5.75 Å². The molecule has 19 heavy (non-hydrogen) atoms. The minimum atomic E-state index is -0.985. The highest BCUT2D eigenvalue weighted by molar-refractivity contribution is 5.39. The Kier molecular flexibility index (Phi) is 3.23. The Morgan fingerprint density at radius 2 is 2.11 bits per heavy atom. The lowest BCUT2D eigenvalue weighted by Gasteiger charge is -2.06. The van der Waals surface area contributed by atoms with E-state index in [2.05, 4.69) is 9.97 Å². The molecule has 0 atom stereocenters. The highest BCUT2D eigenvalue weighted by Gasteiger charge is 2.14. The molecule has 0 spiro atoms. The predicted molar refractivity (Wildman–Crippen MR) is 64.3 cm³/mol. The van der Waals surface area contributed by atoms with Crippen LogP contribution in [0.25, 0.3) is 0 Å². The molecule has 7 nitrogen and oxygen atoms in total. The van der Waals surface area contributed by atoms with Gasteiger partial charge in [-0.3, -0.25) is 10.1 Å². The first-order valence-corrected chi connectivity index (χ1v) is 5.18. The summed E-state index contributed by atoms with van der Waals surface area (Å²) >= 11 is 0. The Morgan fingerprint density at radius 3 is 2.68 bits per heavy atom. The number of hydrogen-bond acceptors (Lipinski definition) is 6. The smallest absolute Gasteiger partial charge is 0.305 e. The van der Waals surface area contributed by atoms with Crippen molar-refractivity contribution in [1.29, 1.82) is 0 Å². The predicted octanol–water partition coefficient (Wildman–Crippen LogP) is 2.21. The van der Waals surface area contributed by atoms with E-state index in [4.69, 9.17) is 10.5 Å². The van der Waals surface area contributed by atoms with E-state index in [0.717, 1.165) is 12.1 Å². The van der Waals surface area contributed by atoms with Crippen LogP contribution in [0.15, 0.2) is 24.3 Å². The standard InChI is InChI=1S/C11H9FN4O3/c1-6-4-10(15-11(13)14-6)19-7-2-3-9(16(17)18)8(12)5-7/h2-5H,1H3,(H2,13,14,15). The molecular formula is C11H9FN4O3.